The van der Waals surface area contributed by atoms with Gasteiger partial charge in [-0.3, -0.25) is 19.7 Å². The van der Waals surface area contributed by atoms with Gasteiger partial charge in [0.1, 0.15) is 0 Å². The van der Waals surface area contributed by atoms with Gasteiger partial charge in [-0.05, 0) is 83.5 Å². The maximum absolute atomic E-state index is 11.3. The number of carbonyl (C=O) groups excluding carboxylic acids is 1. The van der Waals surface area contributed by atoms with E-state index in [0.29, 0.717) is 11.8 Å². The maximum Gasteiger partial charge on any atom is 0.223 e. The van der Waals surface area contributed by atoms with Crippen molar-refractivity contribution in [2.45, 2.75) is 59.8 Å². The van der Waals surface area contributed by atoms with Gasteiger partial charge in [0.2, 0.25) is 5.91 Å². The van der Waals surface area contributed by atoms with Crippen molar-refractivity contribution in [2.24, 2.45) is 0 Å². The summed E-state index contributed by atoms with van der Waals surface area (Å²) >= 11 is 0. The predicted molar refractivity (Wildman–Crippen MR) is 162 cm³/mol. The van der Waals surface area contributed by atoms with Gasteiger partial charge < -0.3 is 4.90 Å². The summed E-state index contributed by atoms with van der Waals surface area (Å²) in [4.78, 5) is 26.4. The third kappa shape index (κ3) is 6.66. The van der Waals surface area contributed by atoms with Gasteiger partial charge in [-0.15, -0.1) is 0 Å². The second-order valence-corrected chi connectivity index (χ2v) is 10.7. The first-order valence-electron chi connectivity index (χ1n) is 13.6. The Morgan fingerprint density at radius 2 is 1.36 bits per heavy atom. The van der Waals surface area contributed by atoms with Crippen molar-refractivity contribution in [1.82, 2.24) is 15.0 Å². The second kappa shape index (κ2) is 12.2. The van der Waals surface area contributed by atoms with Crippen molar-refractivity contribution in [3.8, 4) is 22.5 Å². The molecule has 5 rings (SSSR count). The molecule has 3 aromatic heterocycles. The SMILES string of the molecule is CC(=O)N(C)c1ccc(-c2cc(C(C)C)ccn2)cc1.CC1=CCc2ncc(-c3cc(C(C)C)ccn3)cc21. The van der Waals surface area contributed by atoms with Crippen molar-refractivity contribution in [3.63, 3.8) is 0 Å². The molecule has 1 amide bonds. The standard InChI is InChI=1S/C17H20N2O.C17H18N2/c1-12(2)15-9-10-18-17(11-15)14-5-7-16(8-6-14)19(4)13(3)20;1-11(2)13-6-7-18-17(9-13)14-8-15-12(3)4-5-16(15)19-10-14/h5-12H,1-4H3;4,6-11H,5H2,1-3H3. The molecule has 5 nitrogen and oxygen atoms in total. The molecule has 3 heterocycles. The van der Waals surface area contributed by atoms with Crippen LogP contribution < -0.4 is 4.90 Å². The topological polar surface area (TPSA) is 59.0 Å². The molecule has 0 unspecified atom stereocenters. The van der Waals surface area contributed by atoms with Gasteiger partial charge in [-0.1, -0.05) is 45.9 Å². The highest BCUT2D eigenvalue weighted by atomic mass is 16.2. The molecule has 0 bridgehead atoms. The van der Waals surface area contributed by atoms with Crippen LogP contribution in [0.2, 0.25) is 0 Å². The number of allylic oxidation sites excluding steroid dienone is 2. The smallest absolute Gasteiger partial charge is 0.223 e. The Balaban J connectivity index is 0.000000181. The van der Waals surface area contributed by atoms with Crippen LogP contribution in [0.5, 0.6) is 0 Å². The molecule has 39 heavy (non-hydrogen) atoms. The number of hydrogen-bond acceptors (Lipinski definition) is 4. The van der Waals surface area contributed by atoms with Gasteiger partial charge in [-0.2, -0.15) is 0 Å². The minimum absolute atomic E-state index is 0.0256. The summed E-state index contributed by atoms with van der Waals surface area (Å²) in [7, 11) is 1.77. The highest BCUT2D eigenvalue weighted by Gasteiger charge is 2.14. The molecular weight excluding hydrogens is 480 g/mol. The lowest BCUT2D eigenvalue weighted by molar-refractivity contribution is -0.116. The average Bonchev–Trinajstić information content (AvgIpc) is 3.33. The quantitative estimate of drug-likeness (QED) is 0.268. The summed E-state index contributed by atoms with van der Waals surface area (Å²) in [5.41, 5.74) is 11.4. The van der Waals surface area contributed by atoms with Crippen LogP contribution in [0.3, 0.4) is 0 Å². The Morgan fingerprint density at radius 1 is 0.795 bits per heavy atom. The van der Waals surface area contributed by atoms with Crippen molar-refractivity contribution in [1.29, 1.82) is 0 Å². The van der Waals surface area contributed by atoms with Crippen LogP contribution in [0.15, 0.2) is 79.3 Å². The van der Waals surface area contributed by atoms with Crippen molar-refractivity contribution >= 4 is 17.2 Å². The summed E-state index contributed by atoms with van der Waals surface area (Å²) < 4.78 is 0. The van der Waals surface area contributed by atoms with E-state index in [9.17, 15) is 4.79 Å². The molecular formula is C34H38N4O. The fourth-order valence-corrected chi connectivity index (χ4v) is 4.46. The Hall–Kier alpha value is -4.12. The van der Waals surface area contributed by atoms with E-state index in [0.717, 1.165) is 34.6 Å². The molecule has 0 spiro atoms. The molecule has 0 saturated heterocycles. The number of benzene rings is 1. The lowest BCUT2D eigenvalue weighted by Gasteiger charge is -2.15. The molecule has 1 aromatic carbocycles. The fraction of sp³-hybridized carbons (Fsp3) is 0.294. The number of aromatic nitrogens is 3. The minimum Gasteiger partial charge on any atom is -0.316 e. The van der Waals surface area contributed by atoms with E-state index in [-0.39, 0.29) is 5.91 Å². The molecule has 200 valence electrons. The lowest BCUT2D eigenvalue weighted by atomic mass is 10.0. The van der Waals surface area contributed by atoms with E-state index in [1.807, 2.05) is 48.9 Å². The first-order valence-corrected chi connectivity index (χ1v) is 13.6. The van der Waals surface area contributed by atoms with Gasteiger partial charge in [0.05, 0.1) is 17.1 Å². The summed E-state index contributed by atoms with van der Waals surface area (Å²) in [6, 6.07) is 18.5. The number of carbonyl (C=O) groups is 1. The van der Waals surface area contributed by atoms with E-state index >= 15 is 0 Å². The Labute approximate surface area is 232 Å². The molecule has 1 aliphatic carbocycles. The average molecular weight is 519 g/mol. The number of amides is 1. The predicted octanol–water partition coefficient (Wildman–Crippen LogP) is 8.08. The third-order valence-electron chi connectivity index (χ3n) is 7.22. The van der Waals surface area contributed by atoms with E-state index in [1.165, 1.54) is 28.0 Å². The lowest BCUT2D eigenvalue weighted by Crippen LogP contribution is -2.22. The first kappa shape index (κ1) is 27.9. The van der Waals surface area contributed by atoms with Gasteiger partial charge >= 0.3 is 0 Å². The Bertz CT molecular complexity index is 1490. The summed E-state index contributed by atoms with van der Waals surface area (Å²) in [5, 5.41) is 0. The van der Waals surface area contributed by atoms with Crippen LogP contribution in [0.1, 0.15) is 75.8 Å². The number of fused-ring (bicyclic) bond motifs is 1. The highest BCUT2D eigenvalue weighted by molar-refractivity contribution is 5.91. The molecule has 0 N–H and O–H groups in total. The molecule has 1 aliphatic rings. The minimum atomic E-state index is 0.0256. The number of hydrogen-bond donors (Lipinski definition) is 0. The van der Waals surface area contributed by atoms with E-state index in [2.05, 4.69) is 79.9 Å². The van der Waals surface area contributed by atoms with Crippen LogP contribution in [0, 0.1) is 0 Å². The first-order chi connectivity index (χ1) is 18.6. The Morgan fingerprint density at radius 3 is 1.90 bits per heavy atom. The molecule has 0 saturated carbocycles. The largest absolute Gasteiger partial charge is 0.316 e. The number of nitrogens with zero attached hydrogens (tertiary/aromatic N) is 4. The van der Waals surface area contributed by atoms with Crippen LogP contribution >= 0.6 is 0 Å². The van der Waals surface area contributed by atoms with E-state index < -0.39 is 0 Å². The van der Waals surface area contributed by atoms with Crippen LogP contribution in [0.4, 0.5) is 5.69 Å². The zero-order chi connectivity index (χ0) is 28.1. The van der Waals surface area contributed by atoms with Gasteiger partial charge in [0, 0.05) is 55.8 Å². The Kier molecular flexibility index (Phi) is 8.70. The zero-order valence-corrected chi connectivity index (χ0v) is 24.1. The van der Waals surface area contributed by atoms with E-state index in [1.54, 1.807) is 18.9 Å². The third-order valence-corrected chi connectivity index (χ3v) is 7.22. The molecule has 4 aromatic rings. The number of pyridine rings is 3. The maximum atomic E-state index is 11.3. The van der Waals surface area contributed by atoms with Crippen LogP contribution in [0.25, 0.3) is 28.1 Å². The monoisotopic (exact) mass is 518 g/mol. The molecule has 5 heteroatoms. The van der Waals surface area contributed by atoms with Crippen molar-refractivity contribution in [2.75, 3.05) is 11.9 Å². The van der Waals surface area contributed by atoms with Gasteiger partial charge in [0.15, 0.2) is 0 Å². The molecule has 0 fully saturated rings. The normalized spacial score (nSPS) is 12.1. The fourth-order valence-electron chi connectivity index (χ4n) is 4.46. The molecule has 0 atom stereocenters. The number of anilines is 1. The zero-order valence-electron chi connectivity index (χ0n) is 24.1. The van der Waals surface area contributed by atoms with Gasteiger partial charge in [0.25, 0.3) is 0 Å². The summed E-state index contributed by atoms with van der Waals surface area (Å²) in [6.45, 7) is 12.4. The van der Waals surface area contributed by atoms with E-state index in [4.69, 9.17) is 0 Å². The highest BCUT2D eigenvalue weighted by Crippen LogP contribution is 2.30. The van der Waals surface area contributed by atoms with Crippen LogP contribution in [-0.2, 0) is 11.2 Å². The summed E-state index contributed by atoms with van der Waals surface area (Å²) in [5.74, 6) is 1.03. The number of rotatable bonds is 5. The molecule has 0 aliphatic heterocycles. The summed E-state index contributed by atoms with van der Waals surface area (Å²) in [6.07, 6.45) is 8.87. The van der Waals surface area contributed by atoms with Crippen molar-refractivity contribution in [3.05, 3.63) is 102 Å². The molecule has 0 radical (unpaired) electrons. The van der Waals surface area contributed by atoms with Crippen molar-refractivity contribution < 1.29 is 4.79 Å². The van der Waals surface area contributed by atoms with Crippen LogP contribution in [-0.4, -0.2) is 27.9 Å². The van der Waals surface area contributed by atoms with Gasteiger partial charge in [-0.25, -0.2) is 0 Å². The second-order valence-electron chi connectivity index (χ2n) is 10.7.